The molecule has 2 aromatic rings. The lowest BCUT2D eigenvalue weighted by atomic mass is 9.95. The molecule has 0 unspecified atom stereocenters. The summed E-state index contributed by atoms with van der Waals surface area (Å²) in [5, 5.41) is 0. The second-order valence-corrected chi connectivity index (χ2v) is 6.75. The van der Waals surface area contributed by atoms with Crippen molar-refractivity contribution in [3.05, 3.63) is 59.7 Å². The Hall–Kier alpha value is -2.49. The van der Waals surface area contributed by atoms with Gasteiger partial charge < -0.3 is 14.2 Å². The van der Waals surface area contributed by atoms with E-state index in [4.69, 9.17) is 14.2 Å². The molecule has 0 radical (unpaired) electrons. The molecular weight excluding hydrogens is 328 g/mol. The highest BCUT2D eigenvalue weighted by atomic mass is 16.5. The molecule has 0 aromatic heterocycles. The molecule has 26 heavy (non-hydrogen) atoms. The van der Waals surface area contributed by atoms with Crippen LogP contribution in [-0.4, -0.2) is 26.8 Å². The van der Waals surface area contributed by atoms with Gasteiger partial charge in [0.25, 0.3) is 0 Å². The topological polar surface area (TPSA) is 44.8 Å². The number of carbonyl (C=O) groups is 1. The highest BCUT2D eigenvalue weighted by Gasteiger charge is 2.31. The van der Waals surface area contributed by atoms with E-state index in [1.807, 2.05) is 24.3 Å². The fourth-order valence-electron chi connectivity index (χ4n) is 3.60. The molecule has 4 nitrogen and oxygen atoms in total. The van der Waals surface area contributed by atoms with Crippen molar-refractivity contribution in [2.24, 2.45) is 5.92 Å². The first kappa shape index (κ1) is 18.3. The zero-order valence-electron chi connectivity index (χ0n) is 15.4. The van der Waals surface area contributed by atoms with Gasteiger partial charge in [-0.2, -0.15) is 0 Å². The smallest absolute Gasteiger partial charge is 0.308 e. The molecule has 1 fully saturated rings. The van der Waals surface area contributed by atoms with Crippen LogP contribution in [0.25, 0.3) is 0 Å². The van der Waals surface area contributed by atoms with Crippen molar-refractivity contribution >= 4 is 5.97 Å². The Balaban J connectivity index is 1.49. The molecule has 2 aromatic carbocycles. The molecule has 0 saturated heterocycles. The van der Waals surface area contributed by atoms with E-state index in [1.165, 1.54) is 18.2 Å². The number of rotatable bonds is 7. The van der Waals surface area contributed by atoms with Gasteiger partial charge in [0.2, 0.25) is 0 Å². The van der Waals surface area contributed by atoms with E-state index in [2.05, 4.69) is 24.3 Å². The summed E-state index contributed by atoms with van der Waals surface area (Å²) < 4.78 is 15.9. The van der Waals surface area contributed by atoms with Crippen molar-refractivity contribution in [1.29, 1.82) is 0 Å². The number of carbonyl (C=O) groups excluding carboxylic acids is 1. The molecule has 1 aliphatic carbocycles. The predicted octanol–water partition coefficient (Wildman–Crippen LogP) is 4.37. The summed E-state index contributed by atoms with van der Waals surface area (Å²) in [5.74, 6) is 2.07. The van der Waals surface area contributed by atoms with Crippen LogP contribution in [-0.2, 0) is 16.0 Å². The molecular formula is C22H26O4. The summed E-state index contributed by atoms with van der Waals surface area (Å²) in [7, 11) is 3.12. The SMILES string of the molecule is COC(=O)[C@H]1CC[C@@H](c2ccc(CCOc3cccc(OC)c3)cc2)C1. The molecule has 0 amide bonds. The fourth-order valence-corrected chi connectivity index (χ4v) is 3.60. The molecule has 0 N–H and O–H groups in total. The Bertz CT molecular complexity index is 723. The lowest BCUT2D eigenvalue weighted by Gasteiger charge is -2.12. The van der Waals surface area contributed by atoms with Crippen molar-refractivity contribution < 1.29 is 19.0 Å². The summed E-state index contributed by atoms with van der Waals surface area (Å²) in [6.45, 7) is 0.625. The summed E-state index contributed by atoms with van der Waals surface area (Å²) in [4.78, 5) is 11.7. The van der Waals surface area contributed by atoms with Gasteiger partial charge in [0.1, 0.15) is 11.5 Å². The van der Waals surface area contributed by atoms with Crippen LogP contribution < -0.4 is 9.47 Å². The summed E-state index contributed by atoms with van der Waals surface area (Å²) in [6, 6.07) is 16.3. The maximum absolute atomic E-state index is 11.7. The average molecular weight is 354 g/mol. The standard InChI is InChI=1S/C22H26O4/c1-24-20-4-3-5-21(15-20)26-13-12-16-6-8-17(9-7-16)18-10-11-19(14-18)22(23)25-2/h3-9,15,18-19H,10-14H2,1-2H3/t18-,19+/m1/s1. The van der Waals surface area contributed by atoms with Gasteiger partial charge in [-0.05, 0) is 48.4 Å². The lowest BCUT2D eigenvalue weighted by molar-refractivity contribution is -0.145. The molecule has 138 valence electrons. The second-order valence-electron chi connectivity index (χ2n) is 6.75. The largest absolute Gasteiger partial charge is 0.497 e. The fraction of sp³-hybridized carbons (Fsp3) is 0.409. The minimum atomic E-state index is -0.0705. The van der Waals surface area contributed by atoms with Crippen molar-refractivity contribution in [3.8, 4) is 11.5 Å². The quantitative estimate of drug-likeness (QED) is 0.693. The van der Waals surface area contributed by atoms with Gasteiger partial charge in [-0.15, -0.1) is 0 Å². The monoisotopic (exact) mass is 354 g/mol. The van der Waals surface area contributed by atoms with E-state index in [0.29, 0.717) is 12.5 Å². The van der Waals surface area contributed by atoms with E-state index in [9.17, 15) is 4.79 Å². The van der Waals surface area contributed by atoms with E-state index in [0.717, 1.165) is 37.2 Å². The van der Waals surface area contributed by atoms with Crippen molar-refractivity contribution in [3.63, 3.8) is 0 Å². The van der Waals surface area contributed by atoms with Gasteiger partial charge >= 0.3 is 5.97 Å². The van der Waals surface area contributed by atoms with Crippen molar-refractivity contribution in [2.75, 3.05) is 20.8 Å². The molecule has 0 heterocycles. The van der Waals surface area contributed by atoms with Crippen LogP contribution in [0.3, 0.4) is 0 Å². The first-order valence-corrected chi connectivity index (χ1v) is 9.13. The van der Waals surface area contributed by atoms with Crippen LogP contribution in [0.1, 0.15) is 36.3 Å². The molecule has 1 aliphatic rings. The van der Waals surface area contributed by atoms with Gasteiger partial charge in [-0.25, -0.2) is 0 Å². The predicted molar refractivity (Wildman–Crippen MR) is 101 cm³/mol. The Labute approximate surface area is 155 Å². The third-order valence-electron chi connectivity index (χ3n) is 5.12. The summed E-state index contributed by atoms with van der Waals surface area (Å²) in [6.07, 6.45) is 3.73. The molecule has 4 heteroatoms. The number of esters is 1. The number of methoxy groups -OCH3 is 2. The van der Waals surface area contributed by atoms with Gasteiger partial charge in [0.15, 0.2) is 0 Å². The zero-order chi connectivity index (χ0) is 18.4. The second kappa shape index (κ2) is 8.75. The molecule has 0 aliphatic heterocycles. The Morgan fingerprint density at radius 2 is 1.81 bits per heavy atom. The van der Waals surface area contributed by atoms with E-state index >= 15 is 0 Å². The zero-order valence-corrected chi connectivity index (χ0v) is 15.4. The van der Waals surface area contributed by atoms with E-state index < -0.39 is 0 Å². The molecule has 0 spiro atoms. The molecule has 0 bridgehead atoms. The van der Waals surface area contributed by atoms with Gasteiger partial charge in [0.05, 0.1) is 26.7 Å². The van der Waals surface area contributed by atoms with E-state index in [-0.39, 0.29) is 11.9 Å². The summed E-state index contributed by atoms with van der Waals surface area (Å²) in [5.41, 5.74) is 2.56. The van der Waals surface area contributed by atoms with Crippen molar-refractivity contribution in [1.82, 2.24) is 0 Å². The van der Waals surface area contributed by atoms with Crippen LogP contribution in [0.4, 0.5) is 0 Å². The third-order valence-corrected chi connectivity index (χ3v) is 5.12. The van der Waals surface area contributed by atoms with Crippen LogP contribution in [0.15, 0.2) is 48.5 Å². The minimum absolute atomic E-state index is 0.0564. The van der Waals surface area contributed by atoms with Crippen LogP contribution in [0, 0.1) is 5.92 Å². The molecule has 3 rings (SSSR count). The Morgan fingerprint density at radius 1 is 1.04 bits per heavy atom. The molecule has 1 saturated carbocycles. The molecule has 2 atom stereocenters. The number of hydrogen-bond donors (Lipinski definition) is 0. The third kappa shape index (κ3) is 4.57. The Kier molecular flexibility index (Phi) is 6.16. The van der Waals surface area contributed by atoms with Gasteiger partial charge in [-0.3, -0.25) is 4.79 Å². The number of hydrogen-bond acceptors (Lipinski definition) is 4. The maximum Gasteiger partial charge on any atom is 0.308 e. The lowest BCUT2D eigenvalue weighted by Crippen LogP contribution is -2.12. The van der Waals surface area contributed by atoms with Gasteiger partial charge in [0, 0.05) is 12.5 Å². The van der Waals surface area contributed by atoms with E-state index in [1.54, 1.807) is 7.11 Å². The average Bonchev–Trinajstić information content (AvgIpc) is 3.18. The summed E-state index contributed by atoms with van der Waals surface area (Å²) >= 11 is 0. The highest BCUT2D eigenvalue weighted by Crippen LogP contribution is 2.38. The normalized spacial score (nSPS) is 19.2. The number of ether oxygens (including phenoxy) is 3. The Morgan fingerprint density at radius 3 is 2.54 bits per heavy atom. The number of benzene rings is 2. The van der Waals surface area contributed by atoms with Crippen LogP contribution in [0.2, 0.25) is 0 Å². The van der Waals surface area contributed by atoms with Gasteiger partial charge in [-0.1, -0.05) is 30.3 Å². The first-order chi connectivity index (χ1) is 12.7. The maximum atomic E-state index is 11.7. The van der Waals surface area contributed by atoms with Crippen LogP contribution in [0.5, 0.6) is 11.5 Å². The first-order valence-electron chi connectivity index (χ1n) is 9.13. The van der Waals surface area contributed by atoms with Crippen LogP contribution >= 0.6 is 0 Å². The minimum Gasteiger partial charge on any atom is -0.497 e. The highest BCUT2D eigenvalue weighted by molar-refractivity contribution is 5.72. The van der Waals surface area contributed by atoms with Crippen molar-refractivity contribution in [2.45, 2.75) is 31.6 Å².